The number of fused-ring (bicyclic) bond motifs is 2. The van der Waals surface area contributed by atoms with E-state index < -0.39 is 0 Å². The van der Waals surface area contributed by atoms with Gasteiger partial charge in [-0.05, 0) is 35.9 Å². The molecule has 6 nitrogen and oxygen atoms in total. The van der Waals surface area contributed by atoms with Crippen LogP contribution in [0.1, 0.15) is 16.1 Å². The molecule has 0 spiro atoms. The van der Waals surface area contributed by atoms with E-state index in [-0.39, 0.29) is 17.6 Å². The van der Waals surface area contributed by atoms with Gasteiger partial charge < -0.3 is 19.4 Å². The molecule has 0 saturated heterocycles. The van der Waals surface area contributed by atoms with Crippen LogP contribution in [0, 0.1) is 0 Å². The number of rotatable bonds is 3. The number of hydrogen-bond acceptors (Lipinski definition) is 4. The zero-order chi connectivity index (χ0) is 17.6. The maximum Gasteiger partial charge on any atom is 0.291 e. The van der Waals surface area contributed by atoms with E-state index in [1.54, 1.807) is 37.3 Å². The number of anilines is 2. The second-order valence-corrected chi connectivity index (χ2v) is 5.92. The molecule has 25 heavy (non-hydrogen) atoms. The fraction of sp³-hybridized carbons (Fsp3) is 0.158. The van der Waals surface area contributed by atoms with Crippen molar-refractivity contribution in [2.45, 2.75) is 6.42 Å². The van der Waals surface area contributed by atoms with Gasteiger partial charge in [0, 0.05) is 23.8 Å². The minimum atomic E-state index is -0.351. The van der Waals surface area contributed by atoms with Crippen LogP contribution in [0.25, 0.3) is 11.0 Å². The highest BCUT2D eigenvalue weighted by atomic mass is 16.5. The Hall–Kier alpha value is -3.28. The van der Waals surface area contributed by atoms with Crippen molar-refractivity contribution in [2.24, 2.45) is 0 Å². The van der Waals surface area contributed by atoms with E-state index in [0.717, 1.165) is 16.6 Å². The third-order valence-corrected chi connectivity index (χ3v) is 4.37. The SMILES string of the molecule is COc1cccc2cc(C(=O)Nc3ccc4c(c3)CC(=O)N4C)oc12. The number of ether oxygens (including phenoxy) is 1. The average Bonchev–Trinajstić information content (AvgIpc) is 3.16. The molecule has 2 aromatic carbocycles. The molecular weight excluding hydrogens is 320 g/mol. The average molecular weight is 336 g/mol. The van der Waals surface area contributed by atoms with Crippen LogP contribution in [0.5, 0.6) is 5.75 Å². The number of likely N-dealkylation sites (N-methyl/N-ethyl adjacent to an activating group) is 1. The second-order valence-electron chi connectivity index (χ2n) is 5.92. The Bertz CT molecular complexity index is 1010. The molecule has 6 heteroatoms. The lowest BCUT2D eigenvalue weighted by Crippen LogP contribution is -2.20. The lowest BCUT2D eigenvalue weighted by molar-refractivity contribution is -0.117. The monoisotopic (exact) mass is 336 g/mol. The molecule has 1 N–H and O–H groups in total. The van der Waals surface area contributed by atoms with Crippen LogP contribution in [0.4, 0.5) is 11.4 Å². The Morgan fingerprint density at radius 3 is 2.88 bits per heavy atom. The Morgan fingerprint density at radius 1 is 1.24 bits per heavy atom. The summed E-state index contributed by atoms with van der Waals surface area (Å²) in [7, 11) is 3.30. The van der Waals surface area contributed by atoms with Gasteiger partial charge in [-0.15, -0.1) is 0 Å². The minimum absolute atomic E-state index is 0.0443. The van der Waals surface area contributed by atoms with Crippen LogP contribution >= 0.6 is 0 Å². The molecule has 1 aromatic heterocycles. The third kappa shape index (κ3) is 2.52. The Morgan fingerprint density at radius 2 is 2.08 bits per heavy atom. The van der Waals surface area contributed by atoms with Gasteiger partial charge in [0.05, 0.1) is 13.5 Å². The Kier molecular flexibility index (Phi) is 3.46. The minimum Gasteiger partial charge on any atom is -0.493 e. The summed E-state index contributed by atoms with van der Waals surface area (Å²) in [6.45, 7) is 0. The van der Waals surface area contributed by atoms with E-state index in [0.29, 0.717) is 23.4 Å². The number of benzene rings is 2. The zero-order valence-corrected chi connectivity index (χ0v) is 13.8. The summed E-state index contributed by atoms with van der Waals surface area (Å²) in [5.74, 6) is 0.475. The topological polar surface area (TPSA) is 71.8 Å². The summed E-state index contributed by atoms with van der Waals surface area (Å²) in [5.41, 5.74) is 2.93. The van der Waals surface area contributed by atoms with Gasteiger partial charge in [-0.2, -0.15) is 0 Å². The van der Waals surface area contributed by atoms with Gasteiger partial charge in [0.1, 0.15) is 0 Å². The summed E-state index contributed by atoms with van der Waals surface area (Å²) in [5, 5.41) is 3.61. The van der Waals surface area contributed by atoms with Gasteiger partial charge in [0.15, 0.2) is 17.1 Å². The number of carbonyl (C=O) groups excluding carboxylic acids is 2. The van der Waals surface area contributed by atoms with Crippen molar-refractivity contribution in [3.63, 3.8) is 0 Å². The highest BCUT2D eigenvalue weighted by Crippen LogP contribution is 2.31. The number of amides is 2. The van der Waals surface area contributed by atoms with E-state index >= 15 is 0 Å². The summed E-state index contributed by atoms with van der Waals surface area (Å²) < 4.78 is 10.9. The number of hydrogen-bond donors (Lipinski definition) is 1. The maximum atomic E-state index is 12.5. The molecule has 2 amide bonds. The number of carbonyl (C=O) groups is 2. The highest BCUT2D eigenvalue weighted by molar-refractivity contribution is 6.06. The molecular formula is C19H16N2O4. The van der Waals surface area contributed by atoms with Crippen molar-refractivity contribution in [3.8, 4) is 5.75 Å². The molecule has 0 aliphatic carbocycles. The van der Waals surface area contributed by atoms with Gasteiger partial charge in [-0.1, -0.05) is 12.1 Å². The second kappa shape index (κ2) is 5.66. The lowest BCUT2D eigenvalue weighted by Gasteiger charge is -2.10. The highest BCUT2D eigenvalue weighted by Gasteiger charge is 2.24. The van der Waals surface area contributed by atoms with Crippen molar-refractivity contribution >= 4 is 34.2 Å². The van der Waals surface area contributed by atoms with Gasteiger partial charge in [0.25, 0.3) is 5.91 Å². The number of nitrogens with zero attached hydrogens (tertiary/aromatic N) is 1. The molecule has 1 aliphatic heterocycles. The molecule has 0 fully saturated rings. The first-order valence-electron chi connectivity index (χ1n) is 7.84. The van der Waals surface area contributed by atoms with Crippen LogP contribution in [-0.4, -0.2) is 26.0 Å². The summed E-state index contributed by atoms with van der Waals surface area (Å²) >= 11 is 0. The standard InChI is InChI=1S/C19H16N2O4/c1-21-14-7-6-13(8-12(14)10-17(21)22)20-19(23)16-9-11-4-3-5-15(24-2)18(11)25-16/h3-9H,10H2,1-2H3,(H,20,23). The molecule has 0 atom stereocenters. The zero-order valence-electron chi connectivity index (χ0n) is 13.8. The van der Waals surface area contributed by atoms with E-state index in [4.69, 9.17) is 9.15 Å². The predicted molar refractivity (Wildman–Crippen MR) is 94.3 cm³/mol. The number of para-hydroxylation sites is 1. The summed E-state index contributed by atoms with van der Waals surface area (Å²) in [6.07, 6.45) is 0.345. The Balaban J connectivity index is 1.61. The largest absolute Gasteiger partial charge is 0.493 e. The normalized spacial score (nSPS) is 13.2. The fourth-order valence-corrected chi connectivity index (χ4v) is 3.05. The van der Waals surface area contributed by atoms with Crippen LogP contribution in [0.2, 0.25) is 0 Å². The van der Waals surface area contributed by atoms with Crippen LogP contribution in [0.15, 0.2) is 46.9 Å². The smallest absolute Gasteiger partial charge is 0.291 e. The Labute approximate surface area is 144 Å². The van der Waals surface area contributed by atoms with E-state index in [9.17, 15) is 9.59 Å². The van der Waals surface area contributed by atoms with Gasteiger partial charge in [0.2, 0.25) is 5.91 Å². The molecule has 0 radical (unpaired) electrons. The van der Waals surface area contributed by atoms with Gasteiger partial charge >= 0.3 is 0 Å². The van der Waals surface area contributed by atoms with E-state index in [1.165, 1.54) is 0 Å². The molecule has 3 aromatic rings. The first kappa shape index (κ1) is 15.3. The van der Waals surface area contributed by atoms with Crippen LogP contribution < -0.4 is 15.0 Å². The molecule has 0 unspecified atom stereocenters. The van der Waals surface area contributed by atoms with Crippen molar-refractivity contribution < 1.29 is 18.7 Å². The number of nitrogens with one attached hydrogen (secondary N) is 1. The van der Waals surface area contributed by atoms with Crippen molar-refractivity contribution in [1.29, 1.82) is 0 Å². The number of methoxy groups -OCH3 is 1. The van der Waals surface area contributed by atoms with Crippen molar-refractivity contribution in [3.05, 3.63) is 53.8 Å². The molecule has 0 bridgehead atoms. The molecule has 2 heterocycles. The summed E-state index contributed by atoms with van der Waals surface area (Å²) in [6, 6.07) is 12.6. The first-order chi connectivity index (χ1) is 12.1. The van der Waals surface area contributed by atoms with Crippen LogP contribution in [0.3, 0.4) is 0 Å². The molecule has 0 saturated carbocycles. The van der Waals surface area contributed by atoms with Crippen molar-refractivity contribution in [1.82, 2.24) is 0 Å². The quantitative estimate of drug-likeness (QED) is 0.797. The molecule has 4 rings (SSSR count). The van der Waals surface area contributed by atoms with Gasteiger partial charge in [-0.3, -0.25) is 9.59 Å². The van der Waals surface area contributed by atoms with Crippen LogP contribution in [-0.2, 0) is 11.2 Å². The maximum absolute atomic E-state index is 12.5. The molecule has 126 valence electrons. The third-order valence-electron chi connectivity index (χ3n) is 4.37. The lowest BCUT2D eigenvalue weighted by atomic mass is 10.1. The van der Waals surface area contributed by atoms with Crippen molar-refractivity contribution in [2.75, 3.05) is 24.4 Å². The number of furan rings is 1. The molecule has 1 aliphatic rings. The summed E-state index contributed by atoms with van der Waals surface area (Å²) in [4.78, 5) is 25.9. The van der Waals surface area contributed by atoms with E-state index in [2.05, 4.69) is 5.32 Å². The van der Waals surface area contributed by atoms with Gasteiger partial charge in [-0.25, -0.2) is 0 Å². The first-order valence-corrected chi connectivity index (χ1v) is 7.84. The van der Waals surface area contributed by atoms with E-state index in [1.807, 2.05) is 24.3 Å². The fourth-order valence-electron chi connectivity index (χ4n) is 3.05. The predicted octanol–water partition coefficient (Wildman–Crippen LogP) is 3.21.